The minimum atomic E-state index is -0.579. The van der Waals surface area contributed by atoms with Crippen molar-refractivity contribution in [3.8, 4) is 22.4 Å². The first kappa shape index (κ1) is 16.0. The Morgan fingerprint density at radius 1 is 1.00 bits per heavy atom. The SMILES string of the molecule is Fc1ccc(-c2cnnc(N3C=CCC=N3)c2)cc1-c1ncccc1F. The van der Waals surface area contributed by atoms with E-state index >= 15 is 0 Å². The van der Waals surface area contributed by atoms with Crippen LogP contribution in [0.3, 0.4) is 0 Å². The van der Waals surface area contributed by atoms with Crippen molar-refractivity contribution in [2.75, 3.05) is 5.01 Å². The number of anilines is 1. The smallest absolute Gasteiger partial charge is 0.176 e. The van der Waals surface area contributed by atoms with E-state index in [1.54, 1.807) is 41.8 Å². The van der Waals surface area contributed by atoms with Crippen LogP contribution in [0.25, 0.3) is 22.4 Å². The quantitative estimate of drug-likeness (QED) is 0.711. The monoisotopic (exact) mass is 349 g/mol. The summed E-state index contributed by atoms with van der Waals surface area (Å²) in [4.78, 5) is 3.96. The molecule has 5 nitrogen and oxygen atoms in total. The van der Waals surface area contributed by atoms with Crippen LogP contribution in [0.5, 0.6) is 0 Å². The predicted molar refractivity (Wildman–Crippen MR) is 95.3 cm³/mol. The molecule has 0 atom stereocenters. The molecule has 2 aromatic heterocycles. The van der Waals surface area contributed by atoms with Crippen LogP contribution >= 0.6 is 0 Å². The van der Waals surface area contributed by atoms with Gasteiger partial charge in [-0.05, 0) is 35.9 Å². The molecule has 4 rings (SSSR count). The maximum absolute atomic E-state index is 14.3. The zero-order chi connectivity index (χ0) is 17.9. The number of allylic oxidation sites excluding steroid dienone is 1. The summed E-state index contributed by atoms with van der Waals surface area (Å²) in [5.41, 5.74) is 1.45. The number of benzene rings is 1. The van der Waals surface area contributed by atoms with Gasteiger partial charge in [0.2, 0.25) is 0 Å². The fourth-order valence-corrected chi connectivity index (χ4v) is 2.63. The maximum Gasteiger partial charge on any atom is 0.176 e. The first-order valence-corrected chi connectivity index (χ1v) is 7.94. The van der Waals surface area contributed by atoms with E-state index < -0.39 is 11.6 Å². The van der Waals surface area contributed by atoms with Gasteiger partial charge >= 0.3 is 0 Å². The molecule has 1 aliphatic heterocycles. The van der Waals surface area contributed by atoms with E-state index in [2.05, 4.69) is 20.3 Å². The average molecular weight is 349 g/mol. The molecule has 0 spiro atoms. The Bertz CT molecular complexity index is 1000. The molecular formula is C19H13F2N5. The molecular weight excluding hydrogens is 336 g/mol. The van der Waals surface area contributed by atoms with Gasteiger partial charge in [0.1, 0.15) is 17.3 Å². The topological polar surface area (TPSA) is 54.3 Å². The van der Waals surface area contributed by atoms with Gasteiger partial charge in [-0.1, -0.05) is 12.1 Å². The Hall–Kier alpha value is -3.48. The molecule has 0 saturated carbocycles. The highest BCUT2D eigenvalue weighted by molar-refractivity contribution is 5.73. The van der Waals surface area contributed by atoms with E-state index in [1.807, 2.05) is 6.08 Å². The van der Waals surface area contributed by atoms with Crippen LogP contribution in [-0.4, -0.2) is 21.4 Å². The molecule has 0 amide bonds. The summed E-state index contributed by atoms with van der Waals surface area (Å²) in [6.07, 6.45) is 9.26. The van der Waals surface area contributed by atoms with E-state index in [-0.39, 0.29) is 11.3 Å². The van der Waals surface area contributed by atoms with E-state index in [9.17, 15) is 8.78 Å². The molecule has 3 aromatic rings. The molecule has 0 bridgehead atoms. The summed E-state index contributed by atoms with van der Waals surface area (Å²) < 4.78 is 28.3. The molecule has 0 unspecified atom stereocenters. The number of halogens is 2. The zero-order valence-electron chi connectivity index (χ0n) is 13.5. The van der Waals surface area contributed by atoms with Gasteiger partial charge in [0.05, 0.1) is 6.20 Å². The summed E-state index contributed by atoms with van der Waals surface area (Å²) in [6, 6.07) is 8.95. The maximum atomic E-state index is 14.3. The lowest BCUT2D eigenvalue weighted by Crippen LogP contribution is -2.12. The Morgan fingerprint density at radius 2 is 1.92 bits per heavy atom. The first-order chi connectivity index (χ1) is 12.7. The van der Waals surface area contributed by atoms with Gasteiger partial charge < -0.3 is 0 Å². The second kappa shape index (κ2) is 6.79. The molecule has 0 radical (unpaired) electrons. The van der Waals surface area contributed by atoms with Gasteiger partial charge in [-0.25, -0.2) is 13.8 Å². The third kappa shape index (κ3) is 3.06. The third-order valence-electron chi connectivity index (χ3n) is 3.88. The number of rotatable bonds is 3. The van der Waals surface area contributed by atoms with Crippen molar-refractivity contribution in [1.82, 2.24) is 15.2 Å². The van der Waals surface area contributed by atoms with Crippen LogP contribution in [0.1, 0.15) is 6.42 Å². The molecule has 1 aliphatic rings. The van der Waals surface area contributed by atoms with Gasteiger partial charge in [0.15, 0.2) is 5.82 Å². The molecule has 128 valence electrons. The van der Waals surface area contributed by atoms with E-state index in [4.69, 9.17) is 0 Å². The summed E-state index contributed by atoms with van der Waals surface area (Å²) in [5, 5.41) is 13.9. The van der Waals surface area contributed by atoms with Crippen molar-refractivity contribution < 1.29 is 8.78 Å². The summed E-state index contributed by atoms with van der Waals surface area (Å²) in [5.74, 6) is -0.591. The molecule has 0 saturated heterocycles. The number of aromatic nitrogens is 3. The normalized spacial score (nSPS) is 13.2. The van der Waals surface area contributed by atoms with Crippen molar-refractivity contribution >= 4 is 12.0 Å². The van der Waals surface area contributed by atoms with Gasteiger partial charge in [0.25, 0.3) is 0 Å². The lowest BCUT2D eigenvalue weighted by Gasteiger charge is -2.15. The largest absolute Gasteiger partial charge is 0.253 e. The van der Waals surface area contributed by atoms with Crippen LogP contribution in [-0.2, 0) is 0 Å². The lowest BCUT2D eigenvalue weighted by molar-refractivity contribution is 0.611. The Kier molecular flexibility index (Phi) is 4.18. The van der Waals surface area contributed by atoms with Crippen molar-refractivity contribution in [1.29, 1.82) is 0 Å². The number of nitrogens with zero attached hydrogens (tertiary/aromatic N) is 5. The zero-order valence-corrected chi connectivity index (χ0v) is 13.5. The molecule has 7 heteroatoms. The lowest BCUT2D eigenvalue weighted by atomic mass is 10.0. The Balaban J connectivity index is 1.76. The molecule has 0 aliphatic carbocycles. The minimum absolute atomic E-state index is 0.0300. The van der Waals surface area contributed by atoms with Crippen LogP contribution < -0.4 is 5.01 Å². The molecule has 3 heterocycles. The number of hydrogen-bond acceptors (Lipinski definition) is 5. The third-order valence-corrected chi connectivity index (χ3v) is 3.88. The van der Waals surface area contributed by atoms with Crippen LogP contribution in [0, 0.1) is 11.6 Å². The van der Waals surface area contributed by atoms with E-state index in [1.165, 1.54) is 24.4 Å². The van der Waals surface area contributed by atoms with Gasteiger partial charge in [-0.2, -0.15) is 10.2 Å². The summed E-state index contributed by atoms with van der Waals surface area (Å²) in [6.45, 7) is 0. The van der Waals surface area contributed by atoms with Gasteiger partial charge in [-0.15, -0.1) is 5.10 Å². The average Bonchev–Trinajstić information content (AvgIpc) is 2.70. The van der Waals surface area contributed by atoms with Crippen molar-refractivity contribution in [3.05, 3.63) is 72.7 Å². The number of hydrazone groups is 1. The number of pyridine rings is 1. The molecule has 0 N–H and O–H groups in total. The predicted octanol–water partition coefficient (Wildman–Crippen LogP) is 4.19. The van der Waals surface area contributed by atoms with Crippen LogP contribution in [0.2, 0.25) is 0 Å². The van der Waals surface area contributed by atoms with Crippen LogP contribution in [0.4, 0.5) is 14.6 Å². The second-order valence-electron chi connectivity index (χ2n) is 5.59. The highest BCUT2D eigenvalue weighted by atomic mass is 19.1. The van der Waals surface area contributed by atoms with E-state index in [0.717, 1.165) is 6.42 Å². The number of hydrogen-bond donors (Lipinski definition) is 0. The van der Waals surface area contributed by atoms with Gasteiger partial charge in [-0.3, -0.25) is 4.98 Å². The highest BCUT2D eigenvalue weighted by Crippen LogP contribution is 2.30. The fraction of sp³-hybridized carbons (Fsp3) is 0.0526. The van der Waals surface area contributed by atoms with Crippen molar-refractivity contribution in [3.63, 3.8) is 0 Å². The van der Waals surface area contributed by atoms with Gasteiger partial charge in [0, 0.05) is 36.2 Å². The van der Waals surface area contributed by atoms with Crippen molar-refractivity contribution in [2.24, 2.45) is 5.10 Å². The Morgan fingerprint density at radius 3 is 2.73 bits per heavy atom. The second-order valence-corrected chi connectivity index (χ2v) is 5.59. The fourth-order valence-electron chi connectivity index (χ4n) is 2.63. The summed E-state index contributed by atoms with van der Waals surface area (Å²) in [7, 11) is 0. The highest BCUT2D eigenvalue weighted by Gasteiger charge is 2.14. The molecule has 1 aromatic carbocycles. The first-order valence-electron chi connectivity index (χ1n) is 7.94. The molecule has 26 heavy (non-hydrogen) atoms. The van der Waals surface area contributed by atoms with E-state index in [0.29, 0.717) is 16.9 Å². The Labute approximate surface area is 148 Å². The van der Waals surface area contributed by atoms with Crippen LogP contribution in [0.15, 0.2) is 66.2 Å². The standard InChI is InChI=1S/C19H13F2N5/c20-16-6-5-13(10-15(16)19-17(21)4-3-7-22-19)14-11-18(25-23-12-14)26-9-2-1-8-24-26/h2-12H,1H2. The summed E-state index contributed by atoms with van der Waals surface area (Å²) >= 11 is 0. The molecule has 0 fully saturated rings. The minimum Gasteiger partial charge on any atom is -0.253 e. The van der Waals surface area contributed by atoms with Crippen molar-refractivity contribution in [2.45, 2.75) is 6.42 Å².